The average molecular weight is 446 g/mol. The number of nitrogens with one attached hydrogen (secondary N) is 1. The standard InChI is InChI=1S/C25H27N5O3/c1-17-20(24(31)28-14-18-8-4-3-5-9-18)16-27-23(29-17)21-10-6-7-13-30(21)25(32)19-11-12-22(33-2)26-15-19/h3-5,8-9,11-12,15-16,21H,6-7,10,13-14H2,1-2H3,(H,28,31)/t21-/m0/s1. The van der Waals surface area contributed by atoms with Gasteiger partial charge in [0.15, 0.2) is 5.82 Å². The van der Waals surface area contributed by atoms with E-state index in [2.05, 4.69) is 20.3 Å². The number of amides is 2. The molecule has 2 amide bonds. The third-order valence-corrected chi connectivity index (χ3v) is 5.79. The molecule has 1 aromatic carbocycles. The SMILES string of the molecule is COc1ccc(C(=O)N2CCCC[C@H]2c2ncc(C(=O)NCc3ccccc3)c(C)n2)cn1. The summed E-state index contributed by atoms with van der Waals surface area (Å²) in [6, 6.07) is 12.9. The Morgan fingerprint density at radius 1 is 1.09 bits per heavy atom. The fraction of sp³-hybridized carbons (Fsp3) is 0.320. The van der Waals surface area contributed by atoms with E-state index in [4.69, 9.17) is 4.74 Å². The number of nitrogens with zero attached hydrogens (tertiary/aromatic N) is 4. The molecule has 3 heterocycles. The highest BCUT2D eigenvalue weighted by Crippen LogP contribution is 2.30. The van der Waals surface area contributed by atoms with Crippen LogP contribution in [0.25, 0.3) is 0 Å². The number of methoxy groups -OCH3 is 1. The van der Waals surface area contributed by atoms with E-state index in [1.807, 2.05) is 30.3 Å². The number of carbonyl (C=O) groups is 2. The molecule has 0 aliphatic carbocycles. The lowest BCUT2D eigenvalue weighted by Crippen LogP contribution is -2.39. The zero-order valence-electron chi connectivity index (χ0n) is 18.8. The minimum Gasteiger partial charge on any atom is -0.481 e. The smallest absolute Gasteiger partial charge is 0.256 e. The Labute approximate surface area is 193 Å². The summed E-state index contributed by atoms with van der Waals surface area (Å²) in [5.74, 6) is 0.688. The molecule has 0 spiro atoms. The van der Waals surface area contributed by atoms with Gasteiger partial charge in [0.05, 0.1) is 30.0 Å². The molecule has 1 aliphatic rings. The van der Waals surface area contributed by atoms with E-state index in [0.717, 1.165) is 24.8 Å². The lowest BCUT2D eigenvalue weighted by Gasteiger charge is -2.35. The van der Waals surface area contributed by atoms with E-state index in [1.165, 1.54) is 13.3 Å². The monoisotopic (exact) mass is 445 g/mol. The highest BCUT2D eigenvalue weighted by molar-refractivity contribution is 5.95. The number of benzene rings is 1. The van der Waals surface area contributed by atoms with E-state index in [9.17, 15) is 9.59 Å². The molecule has 1 saturated heterocycles. The topological polar surface area (TPSA) is 97.3 Å². The number of hydrogen-bond acceptors (Lipinski definition) is 6. The molecule has 170 valence electrons. The zero-order valence-corrected chi connectivity index (χ0v) is 18.8. The van der Waals surface area contributed by atoms with Crippen molar-refractivity contribution >= 4 is 11.8 Å². The maximum Gasteiger partial charge on any atom is 0.256 e. The lowest BCUT2D eigenvalue weighted by atomic mass is 10.00. The number of piperidine rings is 1. The van der Waals surface area contributed by atoms with Crippen molar-refractivity contribution < 1.29 is 14.3 Å². The molecule has 2 aromatic heterocycles. The van der Waals surface area contributed by atoms with Gasteiger partial charge >= 0.3 is 0 Å². The molecule has 0 bridgehead atoms. The Kier molecular flexibility index (Phi) is 6.92. The number of hydrogen-bond donors (Lipinski definition) is 1. The molecule has 1 atom stereocenters. The third kappa shape index (κ3) is 5.16. The molecule has 0 unspecified atom stereocenters. The minimum atomic E-state index is -0.242. The van der Waals surface area contributed by atoms with Crippen molar-refractivity contribution in [2.75, 3.05) is 13.7 Å². The Bertz CT molecular complexity index is 1120. The van der Waals surface area contributed by atoms with Crippen LogP contribution in [0.5, 0.6) is 5.88 Å². The second-order valence-electron chi connectivity index (χ2n) is 7.99. The molecule has 4 rings (SSSR count). The Hall–Kier alpha value is -3.81. The van der Waals surface area contributed by atoms with Crippen molar-refractivity contribution in [3.63, 3.8) is 0 Å². The Balaban J connectivity index is 1.49. The van der Waals surface area contributed by atoms with Gasteiger partial charge in [0.25, 0.3) is 11.8 Å². The quantitative estimate of drug-likeness (QED) is 0.624. The molecular weight excluding hydrogens is 418 g/mol. The largest absolute Gasteiger partial charge is 0.481 e. The van der Waals surface area contributed by atoms with E-state index in [1.54, 1.807) is 30.2 Å². The Morgan fingerprint density at radius 2 is 1.91 bits per heavy atom. The summed E-state index contributed by atoms with van der Waals surface area (Å²) in [5, 5.41) is 2.91. The van der Waals surface area contributed by atoms with Crippen LogP contribution in [-0.2, 0) is 6.54 Å². The molecule has 1 fully saturated rings. The van der Waals surface area contributed by atoms with Crippen molar-refractivity contribution in [1.82, 2.24) is 25.2 Å². The highest BCUT2D eigenvalue weighted by atomic mass is 16.5. The second kappa shape index (κ2) is 10.2. The molecular formula is C25H27N5O3. The van der Waals surface area contributed by atoms with Gasteiger partial charge in [-0.25, -0.2) is 15.0 Å². The molecule has 8 heteroatoms. The fourth-order valence-electron chi connectivity index (χ4n) is 3.98. The molecule has 1 aliphatic heterocycles. The number of rotatable bonds is 6. The first-order valence-corrected chi connectivity index (χ1v) is 11.0. The summed E-state index contributed by atoms with van der Waals surface area (Å²) >= 11 is 0. The van der Waals surface area contributed by atoms with E-state index in [-0.39, 0.29) is 17.9 Å². The van der Waals surface area contributed by atoms with Gasteiger partial charge < -0.3 is 15.0 Å². The van der Waals surface area contributed by atoms with Crippen molar-refractivity contribution in [2.24, 2.45) is 0 Å². The van der Waals surface area contributed by atoms with Crippen molar-refractivity contribution in [3.8, 4) is 5.88 Å². The number of likely N-dealkylation sites (tertiary alicyclic amines) is 1. The van der Waals surface area contributed by atoms with Crippen LogP contribution in [0.3, 0.4) is 0 Å². The predicted octanol–water partition coefficient (Wildman–Crippen LogP) is 3.49. The Morgan fingerprint density at radius 3 is 2.61 bits per heavy atom. The van der Waals surface area contributed by atoms with Crippen LogP contribution < -0.4 is 10.1 Å². The van der Waals surface area contributed by atoms with Gasteiger partial charge in [0.2, 0.25) is 5.88 Å². The van der Waals surface area contributed by atoms with Crippen LogP contribution in [0.1, 0.15) is 63.1 Å². The summed E-state index contributed by atoms with van der Waals surface area (Å²) in [5.41, 5.74) is 2.54. The summed E-state index contributed by atoms with van der Waals surface area (Å²) in [4.78, 5) is 40.9. The van der Waals surface area contributed by atoms with E-state index >= 15 is 0 Å². The molecule has 8 nitrogen and oxygen atoms in total. The number of pyridine rings is 1. The first-order valence-electron chi connectivity index (χ1n) is 11.0. The third-order valence-electron chi connectivity index (χ3n) is 5.79. The van der Waals surface area contributed by atoms with Gasteiger partial charge in [0.1, 0.15) is 0 Å². The summed E-state index contributed by atoms with van der Waals surface area (Å²) in [6.07, 6.45) is 5.76. The number of aryl methyl sites for hydroxylation is 1. The zero-order chi connectivity index (χ0) is 23.2. The predicted molar refractivity (Wildman–Crippen MR) is 123 cm³/mol. The normalized spacial score (nSPS) is 15.7. The van der Waals surface area contributed by atoms with Gasteiger partial charge in [0, 0.05) is 31.5 Å². The van der Waals surface area contributed by atoms with Gasteiger partial charge in [-0.3, -0.25) is 9.59 Å². The highest BCUT2D eigenvalue weighted by Gasteiger charge is 2.31. The van der Waals surface area contributed by atoms with E-state index < -0.39 is 0 Å². The molecule has 33 heavy (non-hydrogen) atoms. The maximum absolute atomic E-state index is 13.2. The van der Waals surface area contributed by atoms with Gasteiger partial charge in [-0.15, -0.1) is 0 Å². The minimum absolute atomic E-state index is 0.110. The molecule has 0 radical (unpaired) electrons. The molecule has 0 saturated carbocycles. The van der Waals surface area contributed by atoms with E-state index in [0.29, 0.717) is 41.6 Å². The number of carbonyl (C=O) groups excluding carboxylic acids is 2. The van der Waals surface area contributed by atoms with Crippen molar-refractivity contribution in [2.45, 2.75) is 38.8 Å². The lowest BCUT2D eigenvalue weighted by molar-refractivity contribution is 0.0598. The van der Waals surface area contributed by atoms with Gasteiger partial charge in [-0.2, -0.15) is 0 Å². The maximum atomic E-state index is 13.2. The number of ether oxygens (including phenoxy) is 1. The summed E-state index contributed by atoms with van der Waals surface area (Å²) in [6.45, 7) is 2.85. The second-order valence-corrected chi connectivity index (χ2v) is 7.99. The van der Waals surface area contributed by atoms with Crippen molar-refractivity contribution in [1.29, 1.82) is 0 Å². The average Bonchev–Trinajstić information content (AvgIpc) is 2.87. The van der Waals surface area contributed by atoms with Gasteiger partial charge in [-0.05, 0) is 37.8 Å². The first kappa shape index (κ1) is 22.4. The van der Waals surface area contributed by atoms with Crippen molar-refractivity contribution in [3.05, 3.63) is 83.1 Å². The first-order chi connectivity index (χ1) is 16.1. The van der Waals surface area contributed by atoms with Crippen LogP contribution in [0.15, 0.2) is 54.9 Å². The molecule has 1 N–H and O–H groups in total. The molecule has 3 aromatic rings. The van der Waals surface area contributed by atoms with Crippen LogP contribution in [0, 0.1) is 6.92 Å². The summed E-state index contributed by atoms with van der Waals surface area (Å²) in [7, 11) is 1.54. The summed E-state index contributed by atoms with van der Waals surface area (Å²) < 4.78 is 5.08. The van der Waals surface area contributed by atoms with Crippen LogP contribution in [0.4, 0.5) is 0 Å². The number of aromatic nitrogens is 3. The van der Waals surface area contributed by atoms with Crippen LogP contribution >= 0.6 is 0 Å². The fourth-order valence-corrected chi connectivity index (χ4v) is 3.98. The van der Waals surface area contributed by atoms with Gasteiger partial charge in [-0.1, -0.05) is 30.3 Å². The van der Waals surface area contributed by atoms with Crippen LogP contribution in [-0.4, -0.2) is 45.3 Å². The van der Waals surface area contributed by atoms with Crippen LogP contribution in [0.2, 0.25) is 0 Å².